The maximum absolute atomic E-state index is 5.14. The average Bonchev–Trinajstić information content (AvgIpc) is 2.39. The first kappa shape index (κ1) is 15.6. The molecule has 0 bridgehead atoms. The zero-order valence-corrected chi connectivity index (χ0v) is 12.8. The van der Waals surface area contributed by atoms with Crippen LogP contribution >= 0.6 is 12.2 Å². The van der Waals surface area contributed by atoms with Gasteiger partial charge in [-0.1, -0.05) is 43.5 Å². The smallest absolute Gasteiger partial charge is 0.186 e. The topological polar surface area (TPSA) is 36.4 Å². The van der Waals surface area contributed by atoms with Crippen molar-refractivity contribution in [3.05, 3.63) is 34.9 Å². The molecule has 19 heavy (non-hydrogen) atoms. The molecule has 0 aliphatic carbocycles. The van der Waals surface area contributed by atoms with Crippen molar-refractivity contribution in [1.29, 1.82) is 0 Å². The summed E-state index contributed by atoms with van der Waals surface area (Å²) in [5.41, 5.74) is 6.39. The van der Waals surface area contributed by atoms with Crippen LogP contribution in [0.25, 0.3) is 0 Å². The number of thiocarbonyl (C=S) groups is 1. The van der Waals surface area contributed by atoms with Gasteiger partial charge in [-0.05, 0) is 43.6 Å². The molecule has 1 rings (SSSR count). The van der Waals surface area contributed by atoms with Crippen LogP contribution < -0.4 is 10.7 Å². The molecule has 0 heterocycles. The molecule has 0 fully saturated rings. The van der Waals surface area contributed by atoms with E-state index in [2.05, 4.69) is 54.8 Å². The lowest BCUT2D eigenvalue weighted by atomic mass is 10.1. The standard InChI is InChI=1S/C15H23N3S/c1-4-5-6-9-16-15(19)18-17-11-14-10-12(2)7-8-13(14)3/h7-8,10-11H,4-6,9H2,1-3H3,(H2,16,18,19)/b17-11-. The van der Waals surface area contributed by atoms with Crippen molar-refractivity contribution in [3.63, 3.8) is 0 Å². The van der Waals surface area contributed by atoms with Gasteiger partial charge < -0.3 is 5.32 Å². The molecule has 0 saturated carbocycles. The van der Waals surface area contributed by atoms with Gasteiger partial charge in [0.25, 0.3) is 0 Å². The summed E-state index contributed by atoms with van der Waals surface area (Å²) >= 11 is 5.14. The van der Waals surface area contributed by atoms with Crippen molar-refractivity contribution >= 4 is 23.5 Å². The van der Waals surface area contributed by atoms with E-state index in [1.54, 1.807) is 0 Å². The molecule has 104 valence electrons. The van der Waals surface area contributed by atoms with E-state index in [4.69, 9.17) is 12.2 Å². The Hall–Kier alpha value is -1.42. The summed E-state index contributed by atoms with van der Waals surface area (Å²) in [5.74, 6) is 0. The fraction of sp³-hybridized carbons (Fsp3) is 0.467. The van der Waals surface area contributed by atoms with Crippen molar-refractivity contribution in [2.24, 2.45) is 5.10 Å². The summed E-state index contributed by atoms with van der Waals surface area (Å²) in [4.78, 5) is 0. The Morgan fingerprint density at radius 2 is 2.11 bits per heavy atom. The third-order valence-electron chi connectivity index (χ3n) is 2.87. The van der Waals surface area contributed by atoms with Gasteiger partial charge in [0.1, 0.15) is 0 Å². The minimum Gasteiger partial charge on any atom is -0.361 e. The van der Waals surface area contributed by atoms with Crippen molar-refractivity contribution in [1.82, 2.24) is 10.7 Å². The predicted octanol–water partition coefficient (Wildman–Crippen LogP) is 3.29. The van der Waals surface area contributed by atoms with E-state index >= 15 is 0 Å². The largest absolute Gasteiger partial charge is 0.361 e. The van der Waals surface area contributed by atoms with Crippen LogP contribution in [-0.2, 0) is 0 Å². The summed E-state index contributed by atoms with van der Waals surface area (Å²) in [6, 6.07) is 6.30. The van der Waals surface area contributed by atoms with E-state index in [0.29, 0.717) is 5.11 Å². The quantitative estimate of drug-likeness (QED) is 0.362. The summed E-state index contributed by atoms with van der Waals surface area (Å²) in [6.45, 7) is 7.23. The zero-order chi connectivity index (χ0) is 14.1. The first-order valence-corrected chi connectivity index (χ1v) is 7.18. The fourth-order valence-electron chi connectivity index (χ4n) is 1.68. The Bertz CT molecular complexity index is 441. The van der Waals surface area contributed by atoms with Gasteiger partial charge in [0.15, 0.2) is 5.11 Å². The molecular weight excluding hydrogens is 254 g/mol. The molecule has 0 aromatic heterocycles. The van der Waals surface area contributed by atoms with Crippen LogP contribution in [0.1, 0.15) is 42.9 Å². The summed E-state index contributed by atoms with van der Waals surface area (Å²) in [6.07, 6.45) is 5.38. The van der Waals surface area contributed by atoms with Crippen molar-refractivity contribution < 1.29 is 0 Å². The molecule has 0 aliphatic heterocycles. The molecule has 4 heteroatoms. The molecule has 0 saturated heterocycles. The van der Waals surface area contributed by atoms with Crippen molar-refractivity contribution in [2.45, 2.75) is 40.0 Å². The number of hydrazone groups is 1. The second kappa shape index (κ2) is 8.64. The van der Waals surface area contributed by atoms with E-state index in [-0.39, 0.29) is 0 Å². The summed E-state index contributed by atoms with van der Waals surface area (Å²) in [5, 5.41) is 7.88. The molecule has 0 spiro atoms. The number of rotatable bonds is 6. The minimum absolute atomic E-state index is 0.581. The highest BCUT2D eigenvalue weighted by Crippen LogP contribution is 2.07. The van der Waals surface area contributed by atoms with Gasteiger partial charge in [0, 0.05) is 6.54 Å². The Labute approximate surface area is 121 Å². The van der Waals surface area contributed by atoms with E-state index in [1.165, 1.54) is 24.0 Å². The molecule has 2 N–H and O–H groups in total. The Kier molecular flexibility index (Phi) is 7.11. The molecule has 1 aromatic carbocycles. The predicted molar refractivity (Wildman–Crippen MR) is 86.8 cm³/mol. The third-order valence-corrected chi connectivity index (χ3v) is 3.11. The maximum Gasteiger partial charge on any atom is 0.186 e. The summed E-state index contributed by atoms with van der Waals surface area (Å²) < 4.78 is 0. The average molecular weight is 277 g/mol. The molecule has 3 nitrogen and oxygen atoms in total. The lowest BCUT2D eigenvalue weighted by Gasteiger charge is -2.06. The van der Waals surface area contributed by atoms with Gasteiger partial charge in [0.05, 0.1) is 6.21 Å². The van der Waals surface area contributed by atoms with E-state index in [9.17, 15) is 0 Å². The minimum atomic E-state index is 0.581. The number of unbranched alkanes of at least 4 members (excludes halogenated alkanes) is 2. The number of nitrogens with one attached hydrogen (secondary N) is 2. The van der Waals surface area contributed by atoms with Crippen LogP contribution in [0, 0.1) is 13.8 Å². The number of aryl methyl sites for hydroxylation is 2. The van der Waals surface area contributed by atoms with Crippen LogP contribution in [0.2, 0.25) is 0 Å². The van der Waals surface area contributed by atoms with Gasteiger partial charge in [-0.2, -0.15) is 5.10 Å². The van der Waals surface area contributed by atoms with Crippen molar-refractivity contribution in [3.8, 4) is 0 Å². The third kappa shape index (κ3) is 6.34. The number of hydrogen-bond donors (Lipinski definition) is 2. The Morgan fingerprint density at radius 3 is 2.84 bits per heavy atom. The molecule has 0 radical (unpaired) electrons. The van der Waals surface area contributed by atoms with Gasteiger partial charge >= 0.3 is 0 Å². The van der Waals surface area contributed by atoms with Gasteiger partial charge in [-0.3, -0.25) is 5.43 Å². The first-order valence-electron chi connectivity index (χ1n) is 6.77. The van der Waals surface area contributed by atoms with E-state index in [0.717, 1.165) is 18.5 Å². The molecule has 0 aliphatic rings. The first-order chi connectivity index (χ1) is 9.13. The summed E-state index contributed by atoms with van der Waals surface area (Å²) in [7, 11) is 0. The molecular formula is C15H23N3S. The van der Waals surface area contributed by atoms with Crippen LogP contribution in [0.15, 0.2) is 23.3 Å². The van der Waals surface area contributed by atoms with Crippen LogP contribution in [-0.4, -0.2) is 17.9 Å². The van der Waals surface area contributed by atoms with Gasteiger partial charge in [-0.15, -0.1) is 0 Å². The number of hydrogen-bond acceptors (Lipinski definition) is 2. The molecule has 0 amide bonds. The Balaban J connectivity index is 2.36. The zero-order valence-electron chi connectivity index (χ0n) is 12.0. The lowest BCUT2D eigenvalue weighted by Crippen LogP contribution is -2.32. The second-order valence-corrected chi connectivity index (χ2v) is 5.10. The monoisotopic (exact) mass is 277 g/mol. The Morgan fingerprint density at radius 1 is 1.32 bits per heavy atom. The van der Waals surface area contributed by atoms with Gasteiger partial charge in [-0.25, -0.2) is 0 Å². The van der Waals surface area contributed by atoms with Crippen LogP contribution in [0.5, 0.6) is 0 Å². The highest BCUT2D eigenvalue weighted by Gasteiger charge is 1.96. The van der Waals surface area contributed by atoms with Crippen LogP contribution in [0.4, 0.5) is 0 Å². The molecule has 1 aromatic rings. The fourth-order valence-corrected chi connectivity index (χ4v) is 1.83. The number of nitrogens with zero attached hydrogens (tertiary/aromatic N) is 1. The normalized spacial score (nSPS) is 10.7. The molecule has 0 atom stereocenters. The highest BCUT2D eigenvalue weighted by atomic mass is 32.1. The van der Waals surface area contributed by atoms with E-state index < -0.39 is 0 Å². The van der Waals surface area contributed by atoms with Gasteiger partial charge in [0.2, 0.25) is 0 Å². The van der Waals surface area contributed by atoms with E-state index in [1.807, 2.05) is 6.21 Å². The second-order valence-electron chi connectivity index (χ2n) is 4.69. The van der Waals surface area contributed by atoms with Crippen LogP contribution in [0.3, 0.4) is 0 Å². The highest BCUT2D eigenvalue weighted by molar-refractivity contribution is 7.80. The maximum atomic E-state index is 5.14. The number of benzene rings is 1. The van der Waals surface area contributed by atoms with Crippen molar-refractivity contribution in [2.75, 3.05) is 6.54 Å². The molecule has 0 unspecified atom stereocenters. The lowest BCUT2D eigenvalue weighted by molar-refractivity contribution is 0.691. The SMILES string of the molecule is CCCCCNC(=S)N/N=C\c1cc(C)ccc1C.